The number of anilines is 1. The number of rotatable bonds is 5. The van der Waals surface area contributed by atoms with E-state index in [4.69, 9.17) is 0 Å². The van der Waals surface area contributed by atoms with Gasteiger partial charge in [0.1, 0.15) is 5.82 Å². The molecule has 1 atom stereocenters. The van der Waals surface area contributed by atoms with Crippen LogP contribution in [0.5, 0.6) is 0 Å². The second-order valence-electron chi connectivity index (χ2n) is 4.06. The molecule has 0 aliphatic carbocycles. The first kappa shape index (κ1) is 12.7. The monoisotopic (exact) mass is 220 g/mol. The van der Waals surface area contributed by atoms with E-state index in [1.807, 2.05) is 19.1 Å². The Bertz CT molecular complexity index is 361. The average Bonchev–Trinajstić information content (AvgIpc) is 2.25. The number of aromatic nitrogens is 1. The van der Waals surface area contributed by atoms with E-state index in [1.165, 1.54) is 0 Å². The molecule has 1 N–H and O–H groups in total. The Morgan fingerprint density at radius 1 is 1.62 bits per heavy atom. The Morgan fingerprint density at radius 3 is 2.81 bits per heavy atom. The molecular formula is C13H20N2O. The van der Waals surface area contributed by atoms with Gasteiger partial charge in [0, 0.05) is 24.8 Å². The van der Waals surface area contributed by atoms with E-state index >= 15 is 0 Å². The zero-order chi connectivity index (χ0) is 12.1. The standard InChI is InChI=1S/C13H20N2O/c1-5-15(9-10(2)3)13-12(11(4)16)7-6-8-14-13/h6-8,11,16H,2,5,9H2,1,3-4H3. The molecule has 0 aliphatic rings. The molecule has 3 nitrogen and oxygen atoms in total. The van der Waals surface area contributed by atoms with Gasteiger partial charge in [-0.2, -0.15) is 0 Å². The van der Waals surface area contributed by atoms with Crippen molar-refractivity contribution >= 4 is 5.82 Å². The molecule has 0 bridgehead atoms. The van der Waals surface area contributed by atoms with Gasteiger partial charge >= 0.3 is 0 Å². The van der Waals surface area contributed by atoms with Crippen LogP contribution in [0.15, 0.2) is 30.5 Å². The molecule has 0 amide bonds. The van der Waals surface area contributed by atoms with Gasteiger partial charge in [0.25, 0.3) is 0 Å². The minimum Gasteiger partial charge on any atom is -0.389 e. The van der Waals surface area contributed by atoms with E-state index < -0.39 is 6.10 Å². The van der Waals surface area contributed by atoms with Gasteiger partial charge in [-0.3, -0.25) is 0 Å². The molecule has 0 fully saturated rings. The molecule has 1 rings (SSSR count). The second kappa shape index (κ2) is 5.66. The number of nitrogens with zero attached hydrogens (tertiary/aromatic N) is 2. The molecule has 0 aromatic carbocycles. The van der Waals surface area contributed by atoms with Crippen LogP contribution in [0.2, 0.25) is 0 Å². The molecule has 16 heavy (non-hydrogen) atoms. The van der Waals surface area contributed by atoms with Crippen molar-refractivity contribution in [2.24, 2.45) is 0 Å². The van der Waals surface area contributed by atoms with Gasteiger partial charge in [-0.15, -0.1) is 0 Å². The maximum atomic E-state index is 9.69. The Kier molecular flexibility index (Phi) is 4.50. The third kappa shape index (κ3) is 3.07. The second-order valence-corrected chi connectivity index (χ2v) is 4.06. The summed E-state index contributed by atoms with van der Waals surface area (Å²) in [5.74, 6) is 0.850. The lowest BCUT2D eigenvalue weighted by atomic mass is 10.1. The lowest BCUT2D eigenvalue weighted by Gasteiger charge is -2.25. The van der Waals surface area contributed by atoms with Crippen molar-refractivity contribution in [3.63, 3.8) is 0 Å². The highest BCUT2D eigenvalue weighted by atomic mass is 16.3. The summed E-state index contributed by atoms with van der Waals surface area (Å²) in [6.07, 6.45) is 1.25. The predicted molar refractivity (Wildman–Crippen MR) is 67.6 cm³/mol. The first-order valence-electron chi connectivity index (χ1n) is 5.58. The normalized spacial score (nSPS) is 12.2. The van der Waals surface area contributed by atoms with Crippen molar-refractivity contribution in [2.45, 2.75) is 26.9 Å². The SMILES string of the molecule is C=C(C)CN(CC)c1ncccc1C(C)O. The van der Waals surface area contributed by atoms with Crippen molar-refractivity contribution in [3.05, 3.63) is 36.0 Å². The van der Waals surface area contributed by atoms with Gasteiger partial charge in [-0.05, 0) is 26.8 Å². The van der Waals surface area contributed by atoms with Crippen LogP contribution in [0.25, 0.3) is 0 Å². The summed E-state index contributed by atoms with van der Waals surface area (Å²) >= 11 is 0. The van der Waals surface area contributed by atoms with Crippen molar-refractivity contribution in [1.82, 2.24) is 4.98 Å². The molecule has 0 saturated heterocycles. The van der Waals surface area contributed by atoms with Crippen molar-refractivity contribution in [3.8, 4) is 0 Å². The minimum absolute atomic E-state index is 0.497. The topological polar surface area (TPSA) is 36.4 Å². The van der Waals surface area contributed by atoms with Gasteiger partial charge in [0.2, 0.25) is 0 Å². The van der Waals surface area contributed by atoms with E-state index in [-0.39, 0.29) is 0 Å². The van der Waals surface area contributed by atoms with E-state index in [9.17, 15) is 5.11 Å². The summed E-state index contributed by atoms with van der Waals surface area (Å²) in [6, 6.07) is 3.76. The van der Waals surface area contributed by atoms with E-state index in [2.05, 4.69) is 23.4 Å². The summed E-state index contributed by atoms with van der Waals surface area (Å²) in [5, 5.41) is 9.69. The fourth-order valence-electron chi connectivity index (χ4n) is 1.66. The molecule has 1 unspecified atom stereocenters. The molecule has 0 radical (unpaired) electrons. The quantitative estimate of drug-likeness (QED) is 0.775. The fourth-order valence-corrected chi connectivity index (χ4v) is 1.66. The number of likely N-dealkylation sites (N-methyl/N-ethyl adjacent to an activating group) is 1. The maximum Gasteiger partial charge on any atom is 0.134 e. The molecule has 1 aromatic rings. The highest BCUT2D eigenvalue weighted by molar-refractivity contribution is 5.48. The minimum atomic E-state index is -0.497. The van der Waals surface area contributed by atoms with Crippen molar-refractivity contribution in [2.75, 3.05) is 18.0 Å². The lowest BCUT2D eigenvalue weighted by molar-refractivity contribution is 0.199. The smallest absolute Gasteiger partial charge is 0.134 e. The molecule has 3 heteroatoms. The van der Waals surface area contributed by atoms with Crippen LogP contribution in [0.1, 0.15) is 32.4 Å². The van der Waals surface area contributed by atoms with Gasteiger partial charge in [-0.1, -0.05) is 18.2 Å². The molecule has 1 aromatic heterocycles. The molecule has 0 aliphatic heterocycles. The molecule has 88 valence electrons. The number of aliphatic hydroxyl groups excluding tert-OH is 1. The van der Waals surface area contributed by atoms with Crippen LogP contribution in [0.3, 0.4) is 0 Å². The van der Waals surface area contributed by atoms with E-state index in [1.54, 1.807) is 13.1 Å². The Morgan fingerprint density at radius 2 is 2.31 bits per heavy atom. The average molecular weight is 220 g/mol. The summed E-state index contributed by atoms with van der Waals surface area (Å²) in [7, 11) is 0. The lowest BCUT2D eigenvalue weighted by Crippen LogP contribution is -2.26. The molecule has 0 saturated carbocycles. The summed E-state index contributed by atoms with van der Waals surface area (Å²) in [5.41, 5.74) is 1.95. The van der Waals surface area contributed by atoms with E-state index in [0.29, 0.717) is 0 Å². The summed E-state index contributed by atoms with van der Waals surface area (Å²) in [6.45, 7) is 11.4. The third-order valence-corrected chi connectivity index (χ3v) is 2.41. The highest BCUT2D eigenvalue weighted by Crippen LogP contribution is 2.23. The first-order valence-corrected chi connectivity index (χ1v) is 5.58. The molecule has 1 heterocycles. The van der Waals surface area contributed by atoms with Crippen molar-refractivity contribution in [1.29, 1.82) is 0 Å². The molecule has 0 spiro atoms. The Balaban J connectivity index is 3.03. The largest absolute Gasteiger partial charge is 0.389 e. The Labute approximate surface area is 97.4 Å². The van der Waals surface area contributed by atoms with Gasteiger partial charge in [-0.25, -0.2) is 4.98 Å². The van der Waals surface area contributed by atoms with Gasteiger partial charge in [0.05, 0.1) is 6.10 Å². The van der Waals surface area contributed by atoms with Crippen molar-refractivity contribution < 1.29 is 5.11 Å². The van der Waals surface area contributed by atoms with Crippen LogP contribution in [0.4, 0.5) is 5.82 Å². The number of pyridine rings is 1. The highest BCUT2D eigenvalue weighted by Gasteiger charge is 2.13. The van der Waals surface area contributed by atoms with Crippen LogP contribution >= 0.6 is 0 Å². The first-order chi connectivity index (χ1) is 7.56. The fraction of sp³-hybridized carbons (Fsp3) is 0.462. The van der Waals surface area contributed by atoms with E-state index in [0.717, 1.165) is 30.0 Å². The zero-order valence-electron chi connectivity index (χ0n) is 10.3. The third-order valence-electron chi connectivity index (χ3n) is 2.41. The van der Waals surface area contributed by atoms with Crippen LogP contribution in [-0.2, 0) is 0 Å². The summed E-state index contributed by atoms with van der Waals surface area (Å²) in [4.78, 5) is 6.46. The summed E-state index contributed by atoms with van der Waals surface area (Å²) < 4.78 is 0. The van der Waals surface area contributed by atoms with Gasteiger partial charge < -0.3 is 10.0 Å². The zero-order valence-corrected chi connectivity index (χ0v) is 10.3. The van der Waals surface area contributed by atoms with Gasteiger partial charge in [0.15, 0.2) is 0 Å². The number of aliphatic hydroxyl groups is 1. The van der Waals surface area contributed by atoms with Crippen LogP contribution in [0, 0.1) is 0 Å². The maximum absolute atomic E-state index is 9.69. The number of hydrogen-bond acceptors (Lipinski definition) is 3. The van der Waals surface area contributed by atoms with Crippen LogP contribution in [-0.4, -0.2) is 23.2 Å². The van der Waals surface area contributed by atoms with Crippen LogP contribution < -0.4 is 4.90 Å². The molecular weight excluding hydrogens is 200 g/mol. The predicted octanol–water partition coefficient (Wildman–Crippen LogP) is 2.54. The number of hydrogen-bond donors (Lipinski definition) is 1. The Hall–Kier alpha value is -1.35.